The van der Waals surface area contributed by atoms with Gasteiger partial charge in [0.1, 0.15) is 0 Å². The SMILES string of the molecule is P.S.[Fe].[Mn]. The Hall–Kier alpha value is 1.82. The van der Waals surface area contributed by atoms with Crippen molar-refractivity contribution in [2.24, 2.45) is 0 Å². The molecule has 0 aliphatic carbocycles. The van der Waals surface area contributed by atoms with Gasteiger partial charge in [0.05, 0.1) is 0 Å². The van der Waals surface area contributed by atoms with Gasteiger partial charge in [0.25, 0.3) is 0 Å². The maximum absolute atomic E-state index is 0. The molecule has 1 radical (unpaired) electrons. The van der Waals surface area contributed by atoms with Gasteiger partial charge in [0.15, 0.2) is 0 Å². The van der Waals surface area contributed by atoms with Crippen molar-refractivity contribution in [2.75, 3.05) is 0 Å². The van der Waals surface area contributed by atoms with Gasteiger partial charge in [-0.2, -0.15) is 23.4 Å². The molecule has 0 aliphatic heterocycles. The molecule has 31 valence electrons. The van der Waals surface area contributed by atoms with Gasteiger partial charge in [0.2, 0.25) is 0 Å². The summed E-state index contributed by atoms with van der Waals surface area (Å²) in [5, 5.41) is 0. The summed E-state index contributed by atoms with van der Waals surface area (Å²) in [6.45, 7) is 0. The standard InChI is InChI=1S/Fe.Mn.H3P.H2S/h;;1H3;1H2. The molecule has 0 aromatic rings. The van der Waals surface area contributed by atoms with E-state index in [1.807, 2.05) is 0 Å². The van der Waals surface area contributed by atoms with Crippen molar-refractivity contribution in [2.45, 2.75) is 0 Å². The number of hydrogen-bond donors (Lipinski definition) is 0. The molecule has 0 aromatic carbocycles. The first-order valence-electron chi connectivity index (χ1n) is 0. The van der Waals surface area contributed by atoms with Crippen LogP contribution in [0.4, 0.5) is 0 Å². The fraction of sp³-hybridized carbons (Fsp3) is 0. The third kappa shape index (κ3) is 9.17. The zero-order chi connectivity index (χ0) is 0. The second-order valence-corrected chi connectivity index (χ2v) is 0. The monoisotopic (exact) mass is 179 g/mol. The molecular weight excluding hydrogens is 174 g/mol. The third-order valence-electron chi connectivity index (χ3n) is 0. The largest absolute Gasteiger partial charge is 0.197 e. The van der Waals surface area contributed by atoms with Crippen LogP contribution in [0.5, 0.6) is 0 Å². The number of rotatable bonds is 0. The molecule has 0 aliphatic rings. The molecule has 1 unspecified atom stereocenters. The molecule has 0 spiro atoms. The molecule has 0 saturated heterocycles. The van der Waals surface area contributed by atoms with Crippen molar-refractivity contribution in [1.82, 2.24) is 0 Å². The van der Waals surface area contributed by atoms with E-state index < -0.39 is 0 Å². The molecule has 0 heterocycles. The Bertz CT molecular complexity index is 8.00. The van der Waals surface area contributed by atoms with Crippen molar-refractivity contribution >= 4 is 23.4 Å². The Balaban J connectivity index is 0. The fourth-order valence-corrected chi connectivity index (χ4v) is 0. The summed E-state index contributed by atoms with van der Waals surface area (Å²) in [4.78, 5) is 0. The van der Waals surface area contributed by atoms with Crippen LogP contribution in [-0.2, 0) is 34.1 Å². The van der Waals surface area contributed by atoms with E-state index in [1.54, 1.807) is 0 Å². The first-order valence-corrected chi connectivity index (χ1v) is 0. The van der Waals surface area contributed by atoms with Crippen LogP contribution in [0.1, 0.15) is 0 Å². The molecule has 4 heavy (non-hydrogen) atoms. The summed E-state index contributed by atoms with van der Waals surface area (Å²) >= 11 is 0. The molecule has 0 aromatic heterocycles. The van der Waals surface area contributed by atoms with E-state index in [-0.39, 0.29) is 57.5 Å². The maximum atomic E-state index is 0. The van der Waals surface area contributed by atoms with E-state index in [2.05, 4.69) is 0 Å². The Kier molecular flexibility index (Phi) is 217. The van der Waals surface area contributed by atoms with Gasteiger partial charge in [-0.05, 0) is 0 Å². The quantitative estimate of drug-likeness (QED) is 0.367. The smallest absolute Gasteiger partial charge is 0 e. The average Bonchev–Trinajstić information content (AvgIpc) is 0. The third-order valence-corrected chi connectivity index (χ3v) is 0. The second kappa shape index (κ2) is 21.2. The molecule has 0 fully saturated rings. The zero-order valence-electron chi connectivity index (χ0n) is 1.94. The van der Waals surface area contributed by atoms with Crippen LogP contribution in [0.25, 0.3) is 0 Å². The molecule has 0 amide bonds. The van der Waals surface area contributed by atoms with E-state index in [4.69, 9.17) is 0 Å². The predicted octanol–water partition coefficient (Wildman–Crippen LogP) is 0.166. The molecule has 0 nitrogen and oxygen atoms in total. The Morgan fingerprint density at radius 1 is 1.00 bits per heavy atom. The van der Waals surface area contributed by atoms with E-state index in [0.717, 1.165) is 0 Å². The first kappa shape index (κ1) is 40.8. The summed E-state index contributed by atoms with van der Waals surface area (Å²) in [6.07, 6.45) is 0. The minimum absolute atomic E-state index is 0. The van der Waals surface area contributed by atoms with Gasteiger partial charge in [-0.3, -0.25) is 0 Å². The molecule has 1 atom stereocenters. The van der Waals surface area contributed by atoms with Gasteiger partial charge >= 0.3 is 0 Å². The summed E-state index contributed by atoms with van der Waals surface area (Å²) in [5.41, 5.74) is 0. The zero-order valence-corrected chi connectivity index (χ0v) is 6.64. The normalized spacial score (nSPS) is 0. The van der Waals surface area contributed by atoms with Crippen molar-refractivity contribution in [1.29, 1.82) is 0 Å². The fourth-order valence-electron chi connectivity index (χ4n) is 0. The van der Waals surface area contributed by atoms with Crippen LogP contribution >= 0.6 is 23.4 Å². The molecule has 4 heteroatoms. The van der Waals surface area contributed by atoms with Crippen LogP contribution in [0.3, 0.4) is 0 Å². The van der Waals surface area contributed by atoms with Crippen LogP contribution in [0.15, 0.2) is 0 Å². The van der Waals surface area contributed by atoms with Crippen LogP contribution in [-0.4, -0.2) is 0 Å². The van der Waals surface area contributed by atoms with Gasteiger partial charge in [-0.15, -0.1) is 0 Å². The van der Waals surface area contributed by atoms with E-state index in [9.17, 15) is 0 Å². The Morgan fingerprint density at radius 2 is 1.00 bits per heavy atom. The first-order chi connectivity index (χ1) is 0. The van der Waals surface area contributed by atoms with Crippen LogP contribution in [0, 0.1) is 0 Å². The van der Waals surface area contributed by atoms with Crippen LogP contribution < -0.4 is 0 Å². The maximum Gasteiger partial charge on any atom is 0 e. The molecule has 0 N–H and O–H groups in total. The van der Waals surface area contributed by atoms with E-state index >= 15 is 0 Å². The Morgan fingerprint density at radius 3 is 1.00 bits per heavy atom. The predicted molar refractivity (Wildman–Crippen MR) is 21.5 cm³/mol. The molecular formula is H5FeMnPS. The topological polar surface area (TPSA) is 0 Å². The van der Waals surface area contributed by atoms with Gasteiger partial charge in [-0.1, -0.05) is 0 Å². The van der Waals surface area contributed by atoms with Gasteiger partial charge in [0, 0.05) is 34.1 Å². The second-order valence-electron chi connectivity index (χ2n) is 0. The summed E-state index contributed by atoms with van der Waals surface area (Å²) in [7, 11) is 0. The minimum Gasteiger partial charge on any atom is -0.197 e. The summed E-state index contributed by atoms with van der Waals surface area (Å²) in [5.74, 6) is 0. The minimum atomic E-state index is 0. The van der Waals surface area contributed by atoms with Crippen molar-refractivity contribution in [3.05, 3.63) is 0 Å². The van der Waals surface area contributed by atoms with Crippen LogP contribution in [0.2, 0.25) is 0 Å². The van der Waals surface area contributed by atoms with Gasteiger partial charge in [-0.25, -0.2) is 0 Å². The molecule has 0 rings (SSSR count). The summed E-state index contributed by atoms with van der Waals surface area (Å²) in [6, 6.07) is 0. The van der Waals surface area contributed by atoms with E-state index in [1.165, 1.54) is 0 Å². The average molecular weight is 179 g/mol. The van der Waals surface area contributed by atoms with Crippen molar-refractivity contribution in [3.8, 4) is 0 Å². The number of hydrogen-bond acceptors (Lipinski definition) is 0. The van der Waals surface area contributed by atoms with E-state index in [0.29, 0.717) is 0 Å². The Labute approximate surface area is 57.5 Å². The molecule has 0 bridgehead atoms. The van der Waals surface area contributed by atoms with Crippen molar-refractivity contribution < 1.29 is 34.1 Å². The summed E-state index contributed by atoms with van der Waals surface area (Å²) < 4.78 is 0. The molecule has 0 saturated carbocycles. The van der Waals surface area contributed by atoms with Gasteiger partial charge < -0.3 is 0 Å². The van der Waals surface area contributed by atoms with Crippen molar-refractivity contribution in [3.63, 3.8) is 0 Å².